The number of alkyl halides is 1. The summed E-state index contributed by atoms with van der Waals surface area (Å²) < 4.78 is 0. The maximum Gasteiger partial charge on any atom is 0.367 e. The molecule has 0 bridgehead atoms. The summed E-state index contributed by atoms with van der Waals surface area (Å²) in [5.41, 5.74) is 3.01. The minimum Gasteiger partial charge on any atom is -0.312 e. The standard InChI is InChI=1S/C12H10ClNO2/c1-8-2-4-9(5-3-8)6-10-11(7-13)14-16-12(10)15/h2-6H,7H2,1H3/b10-6-. The first-order valence-electron chi connectivity index (χ1n) is 4.83. The first kappa shape index (κ1) is 10.9. The van der Waals surface area contributed by atoms with Crippen molar-refractivity contribution < 1.29 is 9.63 Å². The van der Waals surface area contributed by atoms with Crippen LogP contribution in [-0.2, 0) is 9.63 Å². The summed E-state index contributed by atoms with van der Waals surface area (Å²) in [7, 11) is 0. The normalized spacial score (nSPS) is 17.5. The quantitative estimate of drug-likeness (QED) is 0.449. The summed E-state index contributed by atoms with van der Waals surface area (Å²) in [4.78, 5) is 15.9. The van der Waals surface area contributed by atoms with Crippen LogP contribution in [0.4, 0.5) is 0 Å². The highest BCUT2D eigenvalue weighted by molar-refractivity contribution is 6.38. The Labute approximate surface area is 98.4 Å². The number of rotatable bonds is 2. The number of carbonyl (C=O) groups is 1. The van der Waals surface area contributed by atoms with Gasteiger partial charge in [-0.3, -0.25) is 0 Å². The number of halogens is 1. The summed E-state index contributed by atoms with van der Waals surface area (Å²) >= 11 is 5.66. The first-order valence-corrected chi connectivity index (χ1v) is 5.37. The number of benzene rings is 1. The van der Waals surface area contributed by atoms with Crippen LogP contribution < -0.4 is 0 Å². The smallest absolute Gasteiger partial charge is 0.312 e. The monoisotopic (exact) mass is 235 g/mol. The fourth-order valence-corrected chi connectivity index (χ4v) is 1.57. The van der Waals surface area contributed by atoms with Crippen molar-refractivity contribution in [2.75, 3.05) is 5.88 Å². The maximum absolute atomic E-state index is 11.4. The molecule has 0 atom stereocenters. The van der Waals surface area contributed by atoms with E-state index in [1.807, 2.05) is 31.2 Å². The van der Waals surface area contributed by atoms with Crippen molar-refractivity contribution >= 4 is 29.4 Å². The highest BCUT2D eigenvalue weighted by atomic mass is 35.5. The van der Waals surface area contributed by atoms with E-state index in [-0.39, 0.29) is 5.88 Å². The molecule has 82 valence electrons. The summed E-state index contributed by atoms with van der Waals surface area (Å²) in [6, 6.07) is 7.81. The van der Waals surface area contributed by atoms with Crippen LogP contribution >= 0.6 is 11.6 Å². The molecule has 0 radical (unpaired) electrons. The molecular weight excluding hydrogens is 226 g/mol. The van der Waals surface area contributed by atoms with Gasteiger partial charge >= 0.3 is 5.97 Å². The molecule has 0 aliphatic carbocycles. The van der Waals surface area contributed by atoms with Gasteiger partial charge in [0.05, 0.1) is 11.5 Å². The lowest BCUT2D eigenvalue weighted by atomic mass is 10.1. The third kappa shape index (κ3) is 2.14. The summed E-state index contributed by atoms with van der Waals surface area (Å²) in [6.45, 7) is 2.01. The van der Waals surface area contributed by atoms with Gasteiger partial charge in [-0.05, 0) is 18.6 Å². The van der Waals surface area contributed by atoms with Crippen LogP contribution in [0, 0.1) is 6.92 Å². The number of nitrogens with zero attached hydrogens (tertiary/aromatic N) is 1. The molecule has 4 heteroatoms. The molecule has 3 nitrogen and oxygen atoms in total. The second-order valence-electron chi connectivity index (χ2n) is 3.52. The van der Waals surface area contributed by atoms with Crippen LogP contribution in [-0.4, -0.2) is 17.6 Å². The van der Waals surface area contributed by atoms with Crippen molar-refractivity contribution in [2.24, 2.45) is 5.16 Å². The second-order valence-corrected chi connectivity index (χ2v) is 3.79. The number of oxime groups is 1. The van der Waals surface area contributed by atoms with E-state index in [0.717, 1.165) is 5.56 Å². The molecular formula is C12H10ClNO2. The molecule has 0 fully saturated rings. The first-order chi connectivity index (χ1) is 7.70. The Balaban J connectivity index is 2.33. The average molecular weight is 236 g/mol. The molecule has 2 rings (SSSR count). The third-order valence-corrected chi connectivity index (χ3v) is 2.54. The molecule has 0 spiro atoms. The van der Waals surface area contributed by atoms with Gasteiger partial charge in [0.1, 0.15) is 5.71 Å². The summed E-state index contributed by atoms with van der Waals surface area (Å²) in [5.74, 6) is -0.278. The van der Waals surface area contributed by atoms with Crippen LogP contribution in [0.2, 0.25) is 0 Å². The molecule has 16 heavy (non-hydrogen) atoms. The lowest BCUT2D eigenvalue weighted by Crippen LogP contribution is -2.06. The molecule has 1 aromatic rings. The molecule has 0 amide bonds. The molecule has 0 saturated carbocycles. The van der Waals surface area contributed by atoms with E-state index in [4.69, 9.17) is 11.6 Å². The topological polar surface area (TPSA) is 38.7 Å². The molecule has 0 unspecified atom stereocenters. The molecule has 0 N–H and O–H groups in total. The van der Waals surface area contributed by atoms with Crippen LogP contribution in [0.5, 0.6) is 0 Å². The van der Waals surface area contributed by atoms with Gasteiger partial charge in [-0.2, -0.15) is 0 Å². The number of aryl methyl sites for hydroxylation is 1. The molecule has 0 saturated heterocycles. The predicted molar refractivity (Wildman–Crippen MR) is 63.4 cm³/mol. The Bertz CT molecular complexity index is 474. The summed E-state index contributed by atoms with van der Waals surface area (Å²) in [6.07, 6.45) is 1.73. The van der Waals surface area contributed by atoms with E-state index >= 15 is 0 Å². The van der Waals surface area contributed by atoms with Crippen LogP contribution in [0.3, 0.4) is 0 Å². The minimum absolute atomic E-state index is 0.170. The van der Waals surface area contributed by atoms with Gasteiger partial charge in [-0.1, -0.05) is 35.0 Å². The van der Waals surface area contributed by atoms with Gasteiger partial charge in [0, 0.05) is 0 Å². The fourth-order valence-electron chi connectivity index (χ4n) is 1.38. The lowest BCUT2D eigenvalue weighted by Gasteiger charge is -1.97. The second kappa shape index (κ2) is 4.49. The SMILES string of the molecule is Cc1ccc(/C=C2\C(=O)ON=C2CCl)cc1. The van der Waals surface area contributed by atoms with Crippen LogP contribution in [0.25, 0.3) is 6.08 Å². The zero-order valence-corrected chi connectivity index (χ0v) is 9.49. The van der Waals surface area contributed by atoms with Gasteiger partial charge < -0.3 is 4.84 Å². The summed E-state index contributed by atoms with van der Waals surface area (Å²) in [5, 5.41) is 3.60. The van der Waals surface area contributed by atoms with Crippen molar-refractivity contribution in [1.82, 2.24) is 0 Å². The zero-order valence-electron chi connectivity index (χ0n) is 8.74. The number of hydrogen-bond acceptors (Lipinski definition) is 3. The van der Waals surface area contributed by atoms with Crippen molar-refractivity contribution in [3.05, 3.63) is 41.0 Å². The zero-order chi connectivity index (χ0) is 11.5. The Morgan fingerprint density at radius 2 is 2.06 bits per heavy atom. The highest BCUT2D eigenvalue weighted by Crippen LogP contribution is 2.16. The van der Waals surface area contributed by atoms with E-state index in [1.54, 1.807) is 6.08 Å². The fraction of sp³-hybridized carbons (Fsp3) is 0.167. The Kier molecular flexibility index (Phi) is 3.06. The molecule has 1 heterocycles. The average Bonchev–Trinajstić information content (AvgIpc) is 2.63. The van der Waals surface area contributed by atoms with Crippen LogP contribution in [0.1, 0.15) is 11.1 Å². The van der Waals surface area contributed by atoms with Crippen molar-refractivity contribution in [1.29, 1.82) is 0 Å². The molecule has 1 aromatic carbocycles. The van der Waals surface area contributed by atoms with E-state index in [0.29, 0.717) is 11.3 Å². The largest absolute Gasteiger partial charge is 0.367 e. The maximum atomic E-state index is 11.4. The Morgan fingerprint density at radius 1 is 1.38 bits per heavy atom. The molecule has 0 aromatic heterocycles. The van der Waals surface area contributed by atoms with Crippen molar-refractivity contribution in [2.45, 2.75) is 6.92 Å². The third-order valence-electron chi connectivity index (χ3n) is 2.28. The Hall–Kier alpha value is -1.61. The van der Waals surface area contributed by atoms with Gasteiger partial charge in [-0.25, -0.2) is 4.79 Å². The Morgan fingerprint density at radius 3 is 2.69 bits per heavy atom. The lowest BCUT2D eigenvalue weighted by molar-refractivity contribution is -0.136. The molecule has 1 aliphatic heterocycles. The predicted octanol–water partition coefficient (Wildman–Crippen LogP) is 2.53. The van der Waals surface area contributed by atoms with Crippen molar-refractivity contribution in [3.8, 4) is 0 Å². The van der Waals surface area contributed by atoms with Crippen LogP contribution in [0.15, 0.2) is 35.0 Å². The van der Waals surface area contributed by atoms with E-state index in [1.165, 1.54) is 5.56 Å². The molecule has 1 aliphatic rings. The number of carbonyl (C=O) groups excluding carboxylic acids is 1. The minimum atomic E-state index is -0.448. The van der Waals surface area contributed by atoms with Gasteiger partial charge in [0.2, 0.25) is 0 Å². The van der Waals surface area contributed by atoms with Gasteiger partial charge in [-0.15, -0.1) is 11.6 Å². The van der Waals surface area contributed by atoms with E-state index in [2.05, 4.69) is 9.99 Å². The van der Waals surface area contributed by atoms with Crippen molar-refractivity contribution in [3.63, 3.8) is 0 Å². The van der Waals surface area contributed by atoms with Gasteiger partial charge in [0.25, 0.3) is 0 Å². The highest BCUT2D eigenvalue weighted by Gasteiger charge is 2.24. The van der Waals surface area contributed by atoms with E-state index in [9.17, 15) is 4.79 Å². The number of hydrogen-bond donors (Lipinski definition) is 0. The van der Waals surface area contributed by atoms with Gasteiger partial charge in [0.15, 0.2) is 0 Å². The van der Waals surface area contributed by atoms with E-state index < -0.39 is 5.97 Å².